The number of hydrogen-bond donors (Lipinski definition) is 1. The zero-order valence-corrected chi connectivity index (χ0v) is 8.78. The van der Waals surface area contributed by atoms with Gasteiger partial charge in [-0.3, -0.25) is 0 Å². The summed E-state index contributed by atoms with van der Waals surface area (Å²) in [5.74, 6) is 0. The highest BCUT2D eigenvalue weighted by molar-refractivity contribution is 9.10. The van der Waals surface area contributed by atoms with Crippen LogP contribution in [0.1, 0.15) is 5.56 Å². The molecule has 2 N–H and O–H groups in total. The largest absolute Gasteiger partial charge is 0.326 e. The predicted molar refractivity (Wildman–Crippen MR) is 57.4 cm³/mol. The zero-order valence-electron chi connectivity index (χ0n) is 6.38. The van der Waals surface area contributed by atoms with Crippen molar-refractivity contribution < 1.29 is 0 Å². The smallest absolute Gasteiger partial charge is 0.0364 e. The molecule has 0 spiro atoms. The summed E-state index contributed by atoms with van der Waals surface area (Å²) in [6.07, 6.45) is 0. The van der Waals surface area contributed by atoms with Gasteiger partial charge in [-0.05, 0) is 27.6 Å². The van der Waals surface area contributed by atoms with Crippen molar-refractivity contribution >= 4 is 37.4 Å². The van der Waals surface area contributed by atoms with Crippen LogP contribution in [-0.2, 0) is 6.54 Å². The van der Waals surface area contributed by atoms with Gasteiger partial charge in [0.05, 0.1) is 0 Å². The van der Waals surface area contributed by atoms with Crippen LogP contribution in [0.5, 0.6) is 0 Å². The van der Waals surface area contributed by atoms with Crippen molar-refractivity contribution in [1.29, 1.82) is 0 Å². The zero-order chi connectivity index (χ0) is 8.55. The van der Waals surface area contributed by atoms with Crippen LogP contribution in [0.3, 0.4) is 0 Å². The summed E-state index contributed by atoms with van der Waals surface area (Å²) in [4.78, 5) is 0. The molecule has 1 heterocycles. The predicted octanol–water partition coefficient (Wildman–Crippen LogP) is 3.12. The van der Waals surface area contributed by atoms with Gasteiger partial charge in [0, 0.05) is 26.5 Å². The van der Waals surface area contributed by atoms with Gasteiger partial charge in [-0.15, -0.1) is 11.3 Å². The van der Waals surface area contributed by atoms with Gasteiger partial charge in [-0.25, -0.2) is 0 Å². The Morgan fingerprint density at radius 3 is 3.00 bits per heavy atom. The molecule has 2 rings (SSSR count). The van der Waals surface area contributed by atoms with E-state index in [0.717, 1.165) is 4.47 Å². The molecule has 0 aliphatic heterocycles. The third kappa shape index (κ3) is 1.18. The van der Waals surface area contributed by atoms with Crippen LogP contribution in [0.2, 0.25) is 0 Å². The molecule has 1 aromatic carbocycles. The molecule has 1 aromatic heterocycles. The lowest BCUT2D eigenvalue weighted by Gasteiger charge is -1.98. The summed E-state index contributed by atoms with van der Waals surface area (Å²) in [6, 6.07) is 6.23. The first-order chi connectivity index (χ1) is 5.83. The summed E-state index contributed by atoms with van der Waals surface area (Å²) < 4.78 is 2.45. The van der Waals surface area contributed by atoms with E-state index >= 15 is 0 Å². The van der Waals surface area contributed by atoms with Crippen LogP contribution < -0.4 is 5.73 Å². The highest BCUT2D eigenvalue weighted by Gasteiger charge is 2.04. The Labute approximate surface area is 83.3 Å². The van der Waals surface area contributed by atoms with E-state index in [0.29, 0.717) is 6.54 Å². The van der Waals surface area contributed by atoms with Gasteiger partial charge in [0.25, 0.3) is 0 Å². The monoisotopic (exact) mass is 241 g/mol. The number of hydrogen-bond acceptors (Lipinski definition) is 2. The summed E-state index contributed by atoms with van der Waals surface area (Å²) in [5.41, 5.74) is 6.84. The lowest BCUT2D eigenvalue weighted by molar-refractivity contribution is 1.09. The Kier molecular flexibility index (Phi) is 2.17. The van der Waals surface area contributed by atoms with Crippen molar-refractivity contribution in [1.82, 2.24) is 0 Å². The number of fused-ring (bicyclic) bond motifs is 1. The normalized spacial score (nSPS) is 10.8. The Balaban J connectivity index is 2.84. The van der Waals surface area contributed by atoms with E-state index in [1.807, 2.05) is 6.07 Å². The summed E-state index contributed by atoms with van der Waals surface area (Å²) in [6.45, 7) is 0.604. The third-order valence-corrected chi connectivity index (χ3v) is 3.74. The number of benzene rings is 1. The average molecular weight is 242 g/mol. The fourth-order valence-corrected chi connectivity index (χ4v) is 3.03. The van der Waals surface area contributed by atoms with Crippen molar-refractivity contribution in [3.05, 3.63) is 33.6 Å². The van der Waals surface area contributed by atoms with Gasteiger partial charge < -0.3 is 5.73 Å². The molecule has 0 radical (unpaired) electrons. The first-order valence-corrected chi connectivity index (χ1v) is 5.35. The van der Waals surface area contributed by atoms with E-state index in [4.69, 9.17) is 5.73 Å². The van der Waals surface area contributed by atoms with Gasteiger partial charge in [-0.2, -0.15) is 0 Å². The quantitative estimate of drug-likeness (QED) is 0.816. The summed E-state index contributed by atoms with van der Waals surface area (Å²) in [7, 11) is 0. The van der Waals surface area contributed by atoms with Crippen molar-refractivity contribution in [3.63, 3.8) is 0 Å². The van der Waals surface area contributed by atoms with Crippen LogP contribution in [0, 0.1) is 0 Å². The standard InChI is InChI=1S/C9H8BrNS/c10-7-5-12-8-3-1-2-6(4-11)9(7)8/h1-3,5H,4,11H2. The van der Waals surface area contributed by atoms with Gasteiger partial charge in [0.1, 0.15) is 0 Å². The topological polar surface area (TPSA) is 26.0 Å². The SMILES string of the molecule is NCc1cccc2scc(Br)c12. The van der Waals surface area contributed by atoms with Crippen molar-refractivity contribution in [3.8, 4) is 0 Å². The number of thiophene rings is 1. The molecule has 0 saturated heterocycles. The average Bonchev–Trinajstić information content (AvgIpc) is 2.48. The van der Waals surface area contributed by atoms with E-state index < -0.39 is 0 Å². The number of rotatable bonds is 1. The first kappa shape index (κ1) is 8.23. The lowest BCUT2D eigenvalue weighted by atomic mass is 10.1. The van der Waals surface area contributed by atoms with Gasteiger partial charge >= 0.3 is 0 Å². The second-order valence-electron chi connectivity index (χ2n) is 2.58. The molecule has 0 amide bonds. The molecule has 0 fully saturated rings. The van der Waals surface area contributed by atoms with Crippen LogP contribution >= 0.6 is 27.3 Å². The van der Waals surface area contributed by atoms with Crippen LogP contribution in [0.25, 0.3) is 10.1 Å². The van der Waals surface area contributed by atoms with Crippen LogP contribution in [0.15, 0.2) is 28.1 Å². The van der Waals surface area contributed by atoms with Crippen molar-refractivity contribution in [2.75, 3.05) is 0 Å². The number of halogens is 1. The van der Waals surface area contributed by atoms with Gasteiger partial charge in [-0.1, -0.05) is 12.1 Å². The van der Waals surface area contributed by atoms with E-state index in [1.165, 1.54) is 15.6 Å². The van der Waals surface area contributed by atoms with Crippen molar-refractivity contribution in [2.45, 2.75) is 6.54 Å². The molecule has 0 atom stereocenters. The molecule has 12 heavy (non-hydrogen) atoms. The van der Waals surface area contributed by atoms with Crippen molar-refractivity contribution in [2.24, 2.45) is 5.73 Å². The fraction of sp³-hybridized carbons (Fsp3) is 0.111. The van der Waals surface area contributed by atoms with Crippen LogP contribution in [-0.4, -0.2) is 0 Å². The molecule has 2 aromatic rings. The summed E-state index contributed by atoms with van der Waals surface area (Å²) in [5, 5.41) is 3.37. The van der Waals surface area contributed by atoms with E-state index in [9.17, 15) is 0 Å². The molecule has 0 saturated carbocycles. The van der Waals surface area contributed by atoms with E-state index in [1.54, 1.807) is 11.3 Å². The maximum absolute atomic E-state index is 5.63. The lowest BCUT2D eigenvalue weighted by Crippen LogP contribution is -1.95. The second-order valence-corrected chi connectivity index (χ2v) is 4.34. The highest BCUT2D eigenvalue weighted by Crippen LogP contribution is 2.32. The Bertz CT molecular complexity index is 408. The number of nitrogens with two attached hydrogens (primary N) is 1. The molecule has 1 nitrogen and oxygen atoms in total. The molecule has 0 aliphatic rings. The fourth-order valence-electron chi connectivity index (χ4n) is 1.29. The molecular weight excluding hydrogens is 234 g/mol. The molecule has 3 heteroatoms. The van der Waals surface area contributed by atoms with Gasteiger partial charge in [0.15, 0.2) is 0 Å². The molecular formula is C9H8BrNS. The highest BCUT2D eigenvalue weighted by atomic mass is 79.9. The molecule has 0 bridgehead atoms. The Morgan fingerprint density at radius 2 is 2.25 bits per heavy atom. The molecule has 0 aliphatic carbocycles. The van der Waals surface area contributed by atoms with E-state index in [2.05, 4.69) is 33.4 Å². The van der Waals surface area contributed by atoms with Gasteiger partial charge in [0.2, 0.25) is 0 Å². The first-order valence-electron chi connectivity index (χ1n) is 3.67. The van der Waals surface area contributed by atoms with E-state index in [-0.39, 0.29) is 0 Å². The molecule has 62 valence electrons. The minimum absolute atomic E-state index is 0.604. The Morgan fingerprint density at radius 1 is 1.42 bits per heavy atom. The molecule has 0 unspecified atom stereocenters. The maximum atomic E-state index is 5.63. The maximum Gasteiger partial charge on any atom is 0.0364 e. The van der Waals surface area contributed by atoms with Crippen LogP contribution in [0.4, 0.5) is 0 Å². The third-order valence-electron chi connectivity index (χ3n) is 1.86. The minimum atomic E-state index is 0.604. The Hall–Kier alpha value is -0.380. The minimum Gasteiger partial charge on any atom is -0.326 e. The second kappa shape index (κ2) is 3.17. The summed E-state index contributed by atoms with van der Waals surface area (Å²) >= 11 is 5.25.